The largest absolute Gasteiger partial charge is 0.489 e. The number of nitrogens with zero attached hydrogens (tertiary/aromatic N) is 1. The number of benzene rings is 3. The molecular formula is C25H33Cl2FN2O. The first-order valence-corrected chi connectivity index (χ1v) is 10.5. The summed E-state index contributed by atoms with van der Waals surface area (Å²) >= 11 is 0. The van der Waals surface area contributed by atoms with Gasteiger partial charge in [-0.05, 0) is 67.1 Å². The Bertz CT molecular complexity index is 902. The molecule has 0 saturated carbocycles. The Labute approximate surface area is 197 Å². The van der Waals surface area contributed by atoms with Gasteiger partial charge in [-0.3, -0.25) is 0 Å². The number of halogens is 3. The van der Waals surface area contributed by atoms with E-state index in [0.717, 1.165) is 50.5 Å². The second-order valence-corrected chi connectivity index (χ2v) is 7.24. The van der Waals surface area contributed by atoms with Crippen LogP contribution in [0, 0.1) is 5.82 Å². The maximum Gasteiger partial charge on any atom is 0.124 e. The zero-order valence-electron chi connectivity index (χ0n) is 18.3. The molecule has 6 heteroatoms. The van der Waals surface area contributed by atoms with E-state index in [2.05, 4.69) is 54.4 Å². The fourth-order valence-electron chi connectivity index (χ4n) is 3.56. The molecule has 0 radical (unpaired) electrons. The van der Waals surface area contributed by atoms with Crippen LogP contribution in [0.4, 0.5) is 4.39 Å². The zero-order valence-corrected chi connectivity index (χ0v) is 19.9. The molecule has 0 heterocycles. The average Bonchev–Trinajstić information content (AvgIpc) is 2.76. The molecule has 0 spiro atoms. The van der Waals surface area contributed by atoms with Gasteiger partial charge in [0.1, 0.15) is 18.2 Å². The highest BCUT2D eigenvalue weighted by atomic mass is 35.5. The van der Waals surface area contributed by atoms with Crippen molar-refractivity contribution in [3.8, 4) is 5.75 Å². The van der Waals surface area contributed by atoms with Crippen molar-refractivity contribution in [1.82, 2.24) is 10.2 Å². The molecule has 0 fully saturated rings. The van der Waals surface area contributed by atoms with Crippen molar-refractivity contribution in [3.63, 3.8) is 0 Å². The first kappa shape index (κ1) is 27.2. The molecule has 0 aliphatic heterocycles. The molecule has 0 unspecified atom stereocenters. The predicted molar refractivity (Wildman–Crippen MR) is 133 cm³/mol. The topological polar surface area (TPSA) is 24.5 Å². The molecule has 3 nitrogen and oxygen atoms in total. The van der Waals surface area contributed by atoms with Gasteiger partial charge in [-0.1, -0.05) is 56.3 Å². The summed E-state index contributed by atoms with van der Waals surface area (Å²) in [7, 11) is 0. The molecule has 0 aromatic heterocycles. The summed E-state index contributed by atoms with van der Waals surface area (Å²) in [4.78, 5) is 2.44. The SMILES string of the molecule is CCN(CC)CCCNCc1c(OCc2ccc(F)cc2)ccc2ccccc12.Cl.Cl. The molecule has 170 valence electrons. The lowest BCUT2D eigenvalue weighted by atomic mass is 10.0. The van der Waals surface area contributed by atoms with Gasteiger partial charge in [-0.2, -0.15) is 0 Å². The van der Waals surface area contributed by atoms with Crippen molar-refractivity contribution in [2.75, 3.05) is 26.2 Å². The van der Waals surface area contributed by atoms with E-state index in [0.29, 0.717) is 6.61 Å². The lowest BCUT2D eigenvalue weighted by Crippen LogP contribution is -2.27. The van der Waals surface area contributed by atoms with Gasteiger partial charge in [0.15, 0.2) is 0 Å². The van der Waals surface area contributed by atoms with Crippen LogP contribution in [0.3, 0.4) is 0 Å². The lowest BCUT2D eigenvalue weighted by molar-refractivity contribution is 0.295. The van der Waals surface area contributed by atoms with Crippen LogP contribution >= 0.6 is 24.8 Å². The van der Waals surface area contributed by atoms with Gasteiger partial charge in [0.05, 0.1) is 0 Å². The third-order valence-electron chi connectivity index (χ3n) is 5.33. The van der Waals surface area contributed by atoms with Crippen molar-refractivity contribution in [1.29, 1.82) is 0 Å². The summed E-state index contributed by atoms with van der Waals surface area (Å²) in [6.07, 6.45) is 1.12. The Balaban J connectivity index is 0.00000240. The van der Waals surface area contributed by atoms with E-state index in [4.69, 9.17) is 4.74 Å². The summed E-state index contributed by atoms with van der Waals surface area (Å²) in [5, 5.41) is 6.01. The molecule has 0 atom stereocenters. The molecular weight excluding hydrogens is 434 g/mol. The van der Waals surface area contributed by atoms with Crippen LogP contribution in [0.2, 0.25) is 0 Å². The van der Waals surface area contributed by atoms with E-state index in [9.17, 15) is 4.39 Å². The third kappa shape index (κ3) is 7.97. The van der Waals surface area contributed by atoms with E-state index < -0.39 is 0 Å². The van der Waals surface area contributed by atoms with Gasteiger partial charge in [-0.25, -0.2) is 4.39 Å². The Morgan fingerprint density at radius 3 is 2.32 bits per heavy atom. The van der Waals surface area contributed by atoms with Gasteiger partial charge in [0, 0.05) is 12.1 Å². The number of nitrogens with one attached hydrogen (secondary N) is 1. The van der Waals surface area contributed by atoms with Gasteiger partial charge in [-0.15, -0.1) is 24.8 Å². The van der Waals surface area contributed by atoms with E-state index >= 15 is 0 Å². The van der Waals surface area contributed by atoms with E-state index in [1.54, 1.807) is 12.1 Å². The standard InChI is InChI=1S/C25H31FN2O.2ClH/c1-3-28(4-2)17-7-16-27-18-24-23-9-6-5-8-21(23)12-15-25(24)29-19-20-10-13-22(26)14-11-20;;/h5-6,8-15,27H,3-4,7,16-19H2,1-2H3;2*1H. The number of rotatable bonds is 11. The summed E-state index contributed by atoms with van der Waals surface area (Å²) in [6.45, 7) is 9.88. The number of hydrogen-bond donors (Lipinski definition) is 1. The first-order chi connectivity index (χ1) is 14.2. The smallest absolute Gasteiger partial charge is 0.124 e. The molecule has 1 N–H and O–H groups in total. The van der Waals surface area contributed by atoms with Crippen LogP contribution in [-0.2, 0) is 13.2 Å². The molecule has 3 rings (SSSR count). The highest BCUT2D eigenvalue weighted by Gasteiger charge is 2.09. The maximum absolute atomic E-state index is 13.1. The highest BCUT2D eigenvalue weighted by molar-refractivity contribution is 5.87. The molecule has 3 aromatic carbocycles. The van der Waals surface area contributed by atoms with Crippen molar-refractivity contribution in [3.05, 3.63) is 77.6 Å². The second kappa shape index (κ2) is 14.3. The number of hydrogen-bond acceptors (Lipinski definition) is 3. The van der Waals surface area contributed by atoms with Crippen LogP contribution in [0.15, 0.2) is 60.7 Å². The number of fused-ring (bicyclic) bond motifs is 1. The van der Waals surface area contributed by atoms with Crippen molar-refractivity contribution in [2.24, 2.45) is 0 Å². The summed E-state index contributed by atoms with van der Waals surface area (Å²) in [6, 6.07) is 19.0. The Morgan fingerprint density at radius 1 is 0.903 bits per heavy atom. The van der Waals surface area contributed by atoms with Gasteiger partial charge in [0.25, 0.3) is 0 Å². The Kier molecular flexibility index (Phi) is 12.5. The Morgan fingerprint density at radius 2 is 1.61 bits per heavy atom. The number of ether oxygens (including phenoxy) is 1. The molecule has 31 heavy (non-hydrogen) atoms. The van der Waals surface area contributed by atoms with Gasteiger partial charge in [0.2, 0.25) is 0 Å². The van der Waals surface area contributed by atoms with Crippen molar-refractivity contribution < 1.29 is 9.13 Å². The summed E-state index contributed by atoms with van der Waals surface area (Å²) in [5.41, 5.74) is 2.13. The third-order valence-corrected chi connectivity index (χ3v) is 5.33. The first-order valence-electron chi connectivity index (χ1n) is 10.5. The second-order valence-electron chi connectivity index (χ2n) is 7.24. The van der Waals surface area contributed by atoms with Crippen LogP contribution < -0.4 is 10.1 Å². The zero-order chi connectivity index (χ0) is 20.5. The molecule has 3 aromatic rings. The van der Waals surface area contributed by atoms with Crippen LogP contribution in [0.1, 0.15) is 31.4 Å². The highest BCUT2D eigenvalue weighted by Crippen LogP contribution is 2.28. The van der Waals surface area contributed by atoms with Gasteiger partial charge < -0.3 is 15.0 Å². The minimum atomic E-state index is -0.228. The van der Waals surface area contributed by atoms with Crippen LogP contribution in [-0.4, -0.2) is 31.1 Å². The van der Waals surface area contributed by atoms with E-state index in [-0.39, 0.29) is 30.6 Å². The summed E-state index contributed by atoms with van der Waals surface area (Å²) in [5.74, 6) is 0.651. The van der Waals surface area contributed by atoms with E-state index in [1.807, 2.05) is 6.07 Å². The fraction of sp³-hybridized carbons (Fsp3) is 0.360. The minimum absolute atomic E-state index is 0. The fourth-order valence-corrected chi connectivity index (χ4v) is 3.56. The van der Waals surface area contributed by atoms with Crippen molar-refractivity contribution >= 4 is 35.6 Å². The molecule has 0 bridgehead atoms. The molecule has 0 aliphatic rings. The Hall–Kier alpha value is -1.85. The molecule has 0 aliphatic carbocycles. The maximum atomic E-state index is 13.1. The minimum Gasteiger partial charge on any atom is -0.489 e. The van der Waals surface area contributed by atoms with Gasteiger partial charge >= 0.3 is 0 Å². The van der Waals surface area contributed by atoms with Crippen LogP contribution in [0.5, 0.6) is 5.75 Å². The molecule has 0 amide bonds. The van der Waals surface area contributed by atoms with Crippen LogP contribution in [0.25, 0.3) is 10.8 Å². The predicted octanol–water partition coefficient (Wildman–Crippen LogP) is 6.22. The molecule has 0 saturated heterocycles. The van der Waals surface area contributed by atoms with Crippen molar-refractivity contribution in [2.45, 2.75) is 33.4 Å². The lowest BCUT2D eigenvalue weighted by Gasteiger charge is -2.18. The van der Waals surface area contributed by atoms with E-state index in [1.165, 1.54) is 28.5 Å². The monoisotopic (exact) mass is 466 g/mol. The average molecular weight is 467 g/mol. The summed E-state index contributed by atoms with van der Waals surface area (Å²) < 4.78 is 19.3. The normalized spacial score (nSPS) is 10.6. The quantitative estimate of drug-likeness (QED) is 0.339.